The molecule has 2 atom stereocenters. The van der Waals surface area contributed by atoms with Gasteiger partial charge in [-0.2, -0.15) is 0 Å². The van der Waals surface area contributed by atoms with Crippen molar-refractivity contribution in [2.75, 3.05) is 13.7 Å². The molecule has 0 radical (unpaired) electrons. The molecule has 0 aromatic heterocycles. The summed E-state index contributed by atoms with van der Waals surface area (Å²) in [6.45, 7) is 0.222. The molecule has 13 heavy (non-hydrogen) atoms. The van der Waals surface area contributed by atoms with Crippen LogP contribution in [-0.4, -0.2) is 31.6 Å². The minimum atomic E-state index is -2.67. The number of carbonyl (C=O) groups is 1. The first-order chi connectivity index (χ1) is 5.53. The number of alkyl halides is 2. The van der Waals surface area contributed by atoms with E-state index in [-0.39, 0.29) is 25.4 Å². The molecule has 1 saturated carbocycles. The average molecular weight is 214 g/mol. The fourth-order valence-corrected chi connectivity index (χ4v) is 1.73. The molecule has 2 aliphatic rings. The molecule has 0 aromatic rings. The molecule has 1 saturated heterocycles. The predicted molar refractivity (Wildman–Crippen MR) is 43.1 cm³/mol. The Morgan fingerprint density at radius 2 is 2.15 bits per heavy atom. The van der Waals surface area contributed by atoms with Gasteiger partial charge in [0.15, 0.2) is 0 Å². The van der Waals surface area contributed by atoms with E-state index in [0.717, 1.165) is 0 Å². The SMILES string of the molecule is COC(=O)[C@@H]1NC[C@]12CC2(F)F.Cl. The number of hydrogen-bond acceptors (Lipinski definition) is 3. The zero-order chi connectivity index (χ0) is 8.98. The van der Waals surface area contributed by atoms with Gasteiger partial charge in [-0.05, 0) is 0 Å². The second kappa shape index (κ2) is 2.78. The molecule has 1 aliphatic carbocycles. The van der Waals surface area contributed by atoms with Crippen molar-refractivity contribution in [1.29, 1.82) is 0 Å². The van der Waals surface area contributed by atoms with E-state index in [9.17, 15) is 13.6 Å². The van der Waals surface area contributed by atoms with Crippen LogP contribution in [0, 0.1) is 5.41 Å². The minimum Gasteiger partial charge on any atom is -0.468 e. The zero-order valence-electron chi connectivity index (χ0n) is 6.97. The Labute approximate surface area is 80.2 Å². The van der Waals surface area contributed by atoms with E-state index in [0.29, 0.717) is 0 Å². The molecular weight excluding hydrogens is 204 g/mol. The van der Waals surface area contributed by atoms with Crippen molar-refractivity contribution in [3.63, 3.8) is 0 Å². The molecule has 2 fully saturated rings. The van der Waals surface area contributed by atoms with Gasteiger partial charge in [0, 0.05) is 13.0 Å². The lowest BCUT2D eigenvalue weighted by atomic mass is 9.87. The third kappa shape index (κ3) is 1.14. The van der Waals surface area contributed by atoms with Crippen LogP contribution >= 0.6 is 12.4 Å². The molecular formula is C7H10ClF2NO2. The second-order valence-corrected chi connectivity index (χ2v) is 3.37. The Bertz CT molecular complexity index is 249. The summed E-state index contributed by atoms with van der Waals surface area (Å²) in [4.78, 5) is 10.9. The molecule has 0 aromatic carbocycles. The van der Waals surface area contributed by atoms with Crippen LogP contribution in [0.25, 0.3) is 0 Å². The van der Waals surface area contributed by atoms with Crippen LogP contribution < -0.4 is 5.32 Å². The maximum absolute atomic E-state index is 12.7. The van der Waals surface area contributed by atoms with Crippen LogP contribution in [0.1, 0.15) is 6.42 Å². The number of halogens is 3. The van der Waals surface area contributed by atoms with Crippen LogP contribution in [-0.2, 0) is 9.53 Å². The average Bonchev–Trinajstić information content (AvgIpc) is 2.54. The van der Waals surface area contributed by atoms with Crippen molar-refractivity contribution in [2.45, 2.75) is 18.4 Å². The Kier molecular flexibility index (Phi) is 2.28. The molecule has 2 rings (SSSR count). The van der Waals surface area contributed by atoms with Crippen LogP contribution in [0.3, 0.4) is 0 Å². The standard InChI is InChI=1S/C7H9F2NO2.ClH/c1-12-5(11)4-6(3-10-4)2-7(6,8)9;/h4,10H,2-3H2,1H3;1H/t4-,6+;/m0./s1. The largest absolute Gasteiger partial charge is 0.468 e. The van der Waals surface area contributed by atoms with Crippen molar-refractivity contribution in [3.8, 4) is 0 Å². The summed E-state index contributed by atoms with van der Waals surface area (Å²) in [6, 6.07) is -0.794. The number of ether oxygens (including phenoxy) is 1. The lowest BCUT2D eigenvalue weighted by molar-refractivity contribution is -0.151. The van der Waals surface area contributed by atoms with Crippen LogP contribution in [0.2, 0.25) is 0 Å². The second-order valence-electron chi connectivity index (χ2n) is 3.37. The van der Waals surface area contributed by atoms with Crippen molar-refractivity contribution >= 4 is 18.4 Å². The van der Waals surface area contributed by atoms with Gasteiger partial charge in [-0.1, -0.05) is 0 Å². The van der Waals surface area contributed by atoms with Crippen molar-refractivity contribution < 1.29 is 18.3 Å². The number of esters is 1. The first-order valence-electron chi connectivity index (χ1n) is 3.72. The van der Waals surface area contributed by atoms with E-state index in [4.69, 9.17) is 0 Å². The van der Waals surface area contributed by atoms with Crippen LogP contribution in [0.15, 0.2) is 0 Å². The molecule has 1 spiro atoms. The van der Waals surface area contributed by atoms with Gasteiger partial charge in [-0.25, -0.2) is 8.78 Å². The molecule has 0 unspecified atom stereocenters. The maximum Gasteiger partial charge on any atom is 0.323 e. The van der Waals surface area contributed by atoms with E-state index in [1.54, 1.807) is 0 Å². The van der Waals surface area contributed by atoms with Crippen molar-refractivity contribution in [3.05, 3.63) is 0 Å². The van der Waals surface area contributed by atoms with Gasteiger partial charge in [0.05, 0.1) is 12.5 Å². The monoisotopic (exact) mass is 213 g/mol. The summed E-state index contributed by atoms with van der Waals surface area (Å²) in [7, 11) is 1.20. The normalized spacial score (nSPS) is 38.8. The van der Waals surface area contributed by atoms with Crippen molar-refractivity contribution in [1.82, 2.24) is 5.32 Å². The summed E-state index contributed by atoms with van der Waals surface area (Å²) < 4.78 is 29.9. The quantitative estimate of drug-likeness (QED) is 0.648. The Morgan fingerprint density at radius 1 is 1.62 bits per heavy atom. The summed E-state index contributed by atoms with van der Waals surface area (Å²) in [5.41, 5.74) is -1.11. The fraction of sp³-hybridized carbons (Fsp3) is 0.857. The smallest absolute Gasteiger partial charge is 0.323 e. The van der Waals surface area contributed by atoms with E-state index in [1.807, 2.05) is 0 Å². The summed E-state index contributed by atoms with van der Waals surface area (Å²) >= 11 is 0. The number of hydrogen-bond donors (Lipinski definition) is 1. The highest BCUT2D eigenvalue weighted by Gasteiger charge is 2.80. The lowest BCUT2D eigenvalue weighted by Crippen LogP contribution is -2.61. The summed E-state index contributed by atoms with van der Waals surface area (Å²) in [5.74, 6) is -3.25. The van der Waals surface area contributed by atoms with E-state index in [2.05, 4.69) is 10.1 Å². The van der Waals surface area contributed by atoms with Crippen LogP contribution in [0.4, 0.5) is 8.78 Å². The maximum atomic E-state index is 12.7. The molecule has 1 N–H and O–H groups in total. The first-order valence-corrected chi connectivity index (χ1v) is 3.72. The van der Waals surface area contributed by atoms with Crippen molar-refractivity contribution in [2.24, 2.45) is 5.41 Å². The van der Waals surface area contributed by atoms with Gasteiger partial charge < -0.3 is 10.1 Å². The van der Waals surface area contributed by atoms with Gasteiger partial charge in [0.1, 0.15) is 6.04 Å². The highest BCUT2D eigenvalue weighted by molar-refractivity contribution is 5.85. The molecule has 76 valence electrons. The van der Waals surface area contributed by atoms with Crippen LogP contribution in [0.5, 0.6) is 0 Å². The van der Waals surface area contributed by atoms with Gasteiger partial charge in [0.25, 0.3) is 5.92 Å². The molecule has 1 aliphatic heterocycles. The van der Waals surface area contributed by atoms with Gasteiger partial charge in [-0.15, -0.1) is 12.4 Å². The number of methoxy groups -OCH3 is 1. The Morgan fingerprint density at radius 3 is 2.38 bits per heavy atom. The minimum absolute atomic E-state index is 0. The number of carbonyl (C=O) groups excluding carboxylic acids is 1. The summed E-state index contributed by atoms with van der Waals surface area (Å²) in [5, 5.41) is 2.65. The van der Waals surface area contributed by atoms with E-state index < -0.39 is 23.3 Å². The zero-order valence-corrected chi connectivity index (χ0v) is 7.79. The highest BCUT2D eigenvalue weighted by atomic mass is 35.5. The summed E-state index contributed by atoms with van der Waals surface area (Å²) in [6.07, 6.45) is -0.188. The molecule has 1 heterocycles. The Hall–Kier alpha value is -0.420. The first kappa shape index (κ1) is 10.7. The third-order valence-electron chi connectivity index (χ3n) is 2.75. The topological polar surface area (TPSA) is 38.3 Å². The molecule has 3 nitrogen and oxygen atoms in total. The molecule has 0 bridgehead atoms. The van der Waals surface area contributed by atoms with Gasteiger partial charge >= 0.3 is 5.97 Å². The third-order valence-corrected chi connectivity index (χ3v) is 2.75. The molecule has 0 amide bonds. The number of nitrogens with one attached hydrogen (secondary N) is 1. The van der Waals surface area contributed by atoms with E-state index >= 15 is 0 Å². The Balaban J connectivity index is 0.000000845. The highest BCUT2D eigenvalue weighted by Crippen LogP contribution is 2.65. The predicted octanol–water partition coefficient (Wildman–Crippen LogP) is 0.578. The fourth-order valence-electron chi connectivity index (χ4n) is 1.73. The lowest BCUT2D eigenvalue weighted by Gasteiger charge is -2.36. The van der Waals surface area contributed by atoms with Gasteiger partial charge in [-0.3, -0.25) is 4.79 Å². The number of rotatable bonds is 1. The molecule has 6 heteroatoms. The van der Waals surface area contributed by atoms with Gasteiger partial charge in [0.2, 0.25) is 0 Å². The van der Waals surface area contributed by atoms with E-state index in [1.165, 1.54) is 7.11 Å².